The molecule has 0 saturated carbocycles. The van der Waals surface area contributed by atoms with Crippen LogP contribution in [0.25, 0.3) is 6.08 Å². The van der Waals surface area contributed by atoms with Gasteiger partial charge in [0.15, 0.2) is 0 Å². The van der Waals surface area contributed by atoms with Crippen LogP contribution in [0.4, 0.5) is 11.4 Å². The van der Waals surface area contributed by atoms with Gasteiger partial charge in [0.1, 0.15) is 17.4 Å². The Kier molecular flexibility index (Phi) is 7.21. The zero-order valence-electron chi connectivity index (χ0n) is 17.0. The number of halogens is 1. The smallest absolute Gasteiger partial charge is 0.271 e. The van der Waals surface area contributed by atoms with Gasteiger partial charge in [0.25, 0.3) is 11.6 Å². The molecule has 0 fully saturated rings. The second-order valence-electron chi connectivity index (χ2n) is 6.76. The van der Waals surface area contributed by atoms with Crippen molar-refractivity contribution in [1.82, 2.24) is 0 Å². The third-order valence-electron chi connectivity index (χ3n) is 4.67. The fourth-order valence-corrected chi connectivity index (χ4v) is 3.25. The third kappa shape index (κ3) is 5.50. The Hall–Kier alpha value is -4.15. The summed E-state index contributed by atoms with van der Waals surface area (Å²) >= 11 is 6.30. The quantitative estimate of drug-likeness (QED) is 0.226. The number of non-ortho nitro benzene ring substituents is 1. The predicted molar refractivity (Wildman–Crippen MR) is 123 cm³/mol. The number of nitro benzene ring substituents is 1. The summed E-state index contributed by atoms with van der Waals surface area (Å²) in [6.07, 6.45) is 1.94. The van der Waals surface area contributed by atoms with Gasteiger partial charge in [0, 0.05) is 22.8 Å². The van der Waals surface area contributed by atoms with Crippen molar-refractivity contribution >= 4 is 35.0 Å². The molecule has 1 amide bonds. The van der Waals surface area contributed by atoms with Crippen molar-refractivity contribution in [1.29, 1.82) is 5.26 Å². The number of amides is 1. The Bertz CT molecular complexity index is 1250. The van der Waals surface area contributed by atoms with Gasteiger partial charge in [0.05, 0.1) is 12.0 Å². The van der Waals surface area contributed by atoms with Crippen LogP contribution in [-0.2, 0) is 11.2 Å². The summed E-state index contributed by atoms with van der Waals surface area (Å²) in [6.45, 7) is 0. The number of carbonyl (C=O) groups is 1. The van der Waals surface area contributed by atoms with Crippen molar-refractivity contribution in [3.05, 3.63) is 104 Å². The number of hydrogen-bond acceptors (Lipinski definition) is 5. The van der Waals surface area contributed by atoms with Gasteiger partial charge >= 0.3 is 0 Å². The minimum Gasteiger partial charge on any atom is -0.497 e. The molecule has 0 radical (unpaired) electrons. The molecule has 0 bridgehead atoms. The number of nitrogens with zero attached hydrogens (tertiary/aromatic N) is 2. The molecule has 0 aliphatic carbocycles. The van der Waals surface area contributed by atoms with E-state index in [1.165, 1.54) is 30.3 Å². The van der Waals surface area contributed by atoms with Gasteiger partial charge in [-0.3, -0.25) is 14.9 Å². The second kappa shape index (κ2) is 10.2. The van der Waals surface area contributed by atoms with Gasteiger partial charge in [-0.1, -0.05) is 41.9 Å². The van der Waals surface area contributed by atoms with Gasteiger partial charge < -0.3 is 10.1 Å². The number of nitro groups is 1. The lowest BCUT2D eigenvalue weighted by molar-refractivity contribution is -0.384. The zero-order chi connectivity index (χ0) is 23.1. The maximum atomic E-state index is 12.7. The first kappa shape index (κ1) is 22.5. The van der Waals surface area contributed by atoms with E-state index in [-0.39, 0.29) is 16.9 Å². The lowest BCUT2D eigenvalue weighted by atomic mass is 9.97. The van der Waals surface area contributed by atoms with E-state index >= 15 is 0 Å². The van der Waals surface area contributed by atoms with Gasteiger partial charge in [0.2, 0.25) is 0 Å². The number of nitrogens with one attached hydrogen (secondary N) is 1. The van der Waals surface area contributed by atoms with Gasteiger partial charge in [-0.25, -0.2) is 0 Å². The van der Waals surface area contributed by atoms with Crippen molar-refractivity contribution in [2.45, 2.75) is 6.42 Å². The molecule has 0 unspecified atom stereocenters. The van der Waals surface area contributed by atoms with Gasteiger partial charge in [-0.05, 0) is 53.5 Å². The maximum absolute atomic E-state index is 12.7. The normalized spacial score (nSPS) is 10.8. The van der Waals surface area contributed by atoms with Crippen LogP contribution in [-0.4, -0.2) is 17.9 Å². The molecule has 0 saturated heterocycles. The summed E-state index contributed by atoms with van der Waals surface area (Å²) in [6, 6.07) is 20.1. The number of rotatable bonds is 7. The molecule has 0 heterocycles. The molecule has 3 rings (SSSR count). The van der Waals surface area contributed by atoms with Crippen LogP contribution in [0.1, 0.15) is 16.7 Å². The summed E-state index contributed by atoms with van der Waals surface area (Å²) in [4.78, 5) is 23.0. The van der Waals surface area contributed by atoms with Crippen LogP contribution in [0, 0.1) is 21.4 Å². The standard InChI is InChI=1S/C24H18ClN3O4/c1-32-22-10-9-16(18(13-22)12-17-5-2-3-8-23(17)25)11-19(15-26)24(29)27-20-6-4-7-21(14-20)28(30)31/h2-11,13-14H,12H2,1H3,(H,27,29)/b19-11+. The van der Waals surface area contributed by atoms with E-state index in [9.17, 15) is 20.2 Å². The van der Waals surface area contributed by atoms with Crippen molar-refractivity contribution in [3.8, 4) is 11.8 Å². The SMILES string of the molecule is COc1ccc(/C=C(\C#N)C(=O)Nc2cccc([N+](=O)[O-])c2)c(Cc2ccccc2Cl)c1. The van der Waals surface area contributed by atoms with Crippen LogP contribution in [0.3, 0.4) is 0 Å². The predicted octanol–water partition coefficient (Wildman–Crippen LogP) is 5.39. The Morgan fingerprint density at radius 2 is 1.94 bits per heavy atom. The Morgan fingerprint density at radius 1 is 1.16 bits per heavy atom. The highest BCUT2D eigenvalue weighted by Crippen LogP contribution is 2.26. The number of carbonyl (C=O) groups excluding carboxylic acids is 1. The molecule has 32 heavy (non-hydrogen) atoms. The molecule has 160 valence electrons. The lowest BCUT2D eigenvalue weighted by Gasteiger charge is -2.11. The first-order valence-electron chi connectivity index (χ1n) is 9.49. The first-order chi connectivity index (χ1) is 15.4. The number of methoxy groups -OCH3 is 1. The summed E-state index contributed by atoms with van der Waals surface area (Å²) in [5, 5.41) is 23.6. The van der Waals surface area contributed by atoms with Crippen molar-refractivity contribution in [3.63, 3.8) is 0 Å². The van der Waals surface area contributed by atoms with E-state index < -0.39 is 10.8 Å². The number of nitriles is 1. The van der Waals surface area contributed by atoms with Crippen LogP contribution < -0.4 is 10.1 Å². The highest BCUT2D eigenvalue weighted by atomic mass is 35.5. The number of benzene rings is 3. The van der Waals surface area contributed by atoms with Crippen LogP contribution in [0.2, 0.25) is 5.02 Å². The van der Waals surface area contributed by atoms with Gasteiger partial charge in [-0.15, -0.1) is 0 Å². The fraction of sp³-hybridized carbons (Fsp3) is 0.0833. The van der Waals surface area contributed by atoms with Gasteiger partial charge in [-0.2, -0.15) is 5.26 Å². The molecule has 3 aromatic carbocycles. The third-order valence-corrected chi connectivity index (χ3v) is 5.04. The minimum atomic E-state index is -0.674. The summed E-state index contributed by atoms with van der Waals surface area (Å²) in [7, 11) is 1.55. The first-order valence-corrected chi connectivity index (χ1v) is 9.87. The molecule has 0 aliphatic heterocycles. The number of hydrogen-bond donors (Lipinski definition) is 1. The molecular weight excluding hydrogens is 430 g/mol. The number of anilines is 1. The molecule has 0 aliphatic rings. The fourth-order valence-electron chi connectivity index (χ4n) is 3.05. The summed E-state index contributed by atoms with van der Waals surface area (Å²) in [5.41, 5.74) is 2.25. The molecular formula is C24H18ClN3O4. The zero-order valence-corrected chi connectivity index (χ0v) is 17.8. The molecule has 0 aromatic heterocycles. The average Bonchev–Trinajstić information content (AvgIpc) is 2.79. The van der Waals surface area contributed by atoms with E-state index in [0.717, 1.165) is 11.1 Å². The summed E-state index contributed by atoms with van der Waals surface area (Å²) < 4.78 is 5.31. The molecule has 0 atom stereocenters. The Balaban J connectivity index is 1.93. The highest BCUT2D eigenvalue weighted by molar-refractivity contribution is 6.31. The molecule has 3 aromatic rings. The summed E-state index contributed by atoms with van der Waals surface area (Å²) in [5.74, 6) is -0.0451. The van der Waals surface area contributed by atoms with E-state index in [0.29, 0.717) is 22.8 Å². The van der Waals surface area contributed by atoms with E-state index in [4.69, 9.17) is 16.3 Å². The van der Waals surface area contributed by atoms with E-state index in [1.54, 1.807) is 25.3 Å². The number of ether oxygens (including phenoxy) is 1. The maximum Gasteiger partial charge on any atom is 0.271 e. The van der Waals surface area contributed by atoms with Crippen molar-refractivity contribution < 1.29 is 14.5 Å². The monoisotopic (exact) mass is 447 g/mol. The highest BCUT2D eigenvalue weighted by Gasteiger charge is 2.14. The topological polar surface area (TPSA) is 105 Å². The van der Waals surface area contributed by atoms with Crippen LogP contribution in [0.5, 0.6) is 5.75 Å². The molecule has 8 heteroatoms. The van der Waals surface area contributed by atoms with Crippen molar-refractivity contribution in [2.24, 2.45) is 0 Å². The van der Waals surface area contributed by atoms with E-state index in [2.05, 4.69) is 5.32 Å². The second-order valence-corrected chi connectivity index (χ2v) is 7.17. The van der Waals surface area contributed by atoms with Crippen LogP contribution in [0.15, 0.2) is 72.3 Å². The Labute approximate surface area is 189 Å². The average molecular weight is 448 g/mol. The van der Waals surface area contributed by atoms with Crippen LogP contribution >= 0.6 is 11.6 Å². The molecule has 0 spiro atoms. The van der Waals surface area contributed by atoms with Crippen molar-refractivity contribution in [2.75, 3.05) is 12.4 Å². The largest absolute Gasteiger partial charge is 0.497 e. The van der Waals surface area contributed by atoms with E-state index in [1.807, 2.05) is 30.3 Å². The lowest BCUT2D eigenvalue weighted by Crippen LogP contribution is -2.13. The minimum absolute atomic E-state index is 0.151. The molecule has 7 nitrogen and oxygen atoms in total. The molecule has 1 N–H and O–H groups in total. The Morgan fingerprint density at radius 3 is 2.62 bits per heavy atom.